The lowest BCUT2D eigenvalue weighted by atomic mass is 9.70. The van der Waals surface area contributed by atoms with Gasteiger partial charge in [-0.05, 0) is 61.4 Å². The molecule has 0 spiro atoms. The third-order valence-electron chi connectivity index (χ3n) is 4.88. The molecule has 3 atom stereocenters. The Kier molecular flexibility index (Phi) is 5.90. The molecule has 0 bridgehead atoms. The standard InChI is InChI=1S/C18H29NO/c1-4-14-6-7-16(13-19-5-2)18(12-14)15-8-10-17(20-3)11-9-15/h8-11,14,16,18-19H,4-7,12-13H2,1-3H3. The van der Waals surface area contributed by atoms with Gasteiger partial charge in [-0.1, -0.05) is 38.8 Å². The van der Waals surface area contributed by atoms with Crippen molar-refractivity contribution in [1.29, 1.82) is 0 Å². The van der Waals surface area contributed by atoms with E-state index in [4.69, 9.17) is 4.74 Å². The summed E-state index contributed by atoms with van der Waals surface area (Å²) < 4.78 is 5.28. The Balaban J connectivity index is 2.11. The minimum Gasteiger partial charge on any atom is -0.497 e. The summed E-state index contributed by atoms with van der Waals surface area (Å²) in [6, 6.07) is 8.74. The third kappa shape index (κ3) is 3.76. The molecule has 0 aromatic heterocycles. The molecule has 20 heavy (non-hydrogen) atoms. The van der Waals surface area contributed by atoms with Crippen LogP contribution in [0, 0.1) is 11.8 Å². The highest BCUT2D eigenvalue weighted by Gasteiger charge is 2.30. The summed E-state index contributed by atoms with van der Waals surface area (Å²) in [5.41, 5.74) is 1.49. The predicted octanol–water partition coefficient (Wildman–Crippen LogP) is 4.21. The van der Waals surface area contributed by atoms with Crippen molar-refractivity contribution in [3.63, 3.8) is 0 Å². The highest BCUT2D eigenvalue weighted by atomic mass is 16.5. The maximum Gasteiger partial charge on any atom is 0.118 e. The summed E-state index contributed by atoms with van der Waals surface area (Å²) in [7, 11) is 1.73. The van der Waals surface area contributed by atoms with Crippen LogP contribution in [0.2, 0.25) is 0 Å². The molecule has 3 unspecified atom stereocenters. The molecule has 0 heterocycles. The number of rotatable bonds is 6. The third-order valence-corrected chi connectivity index (χ3v) is 4.88. The van der Waals surface area contributed by atoms with Crippen molar-refractivity contribution in [1.82, 2.24) is 5.32 Å². The fourth-order valence-corrected chi connectivity index (χ4v) is 3.52. The highest BCUT2D eigenvalue weighted by Crippen LogP contribution is 2.41. The van der Waals surface area contributed by atoms with Crippen molar-refractivity contribution >= 4 is 0 Å². The number of hydrogen-bond donors (Lipinski definition) is 1. The zero-order valence-corrected chi connectivity index (χ0v) is 13.2. The molecule has 0 amide bonds. The summed E-state index contributed by atoms with van der Waals surface area (Å²) in [6.45, 7) is 6.76. The average Bonchev–Trinajstić information content (AvgIpc) is 2.53. The number of benzene rings is 1. The predicted molar refractivity (Wildman–Crippen MR) is 85.4 cm³/mol. The van der Waals surface area contributed by atoms with Crippen molar-refractivity contribution in [2.75, 3.05) is 20.2 Å². The molecule has 1 aromatic carbocycles. The van der Waals surface area contributed by atoms with Crippen LogP contribution in [0.4, 0.5) is 0 Å². The zero-order valence-electron chi connectivity index (χ0n) is 13.2. The van der Waals surface area contributed by atoms with Crippen LogP contribution < -0.4 is 10.1 Å². The van der Waals surface area contributed by atoms with Crippen LogP contribution >= 0.6 is 0 Å². The Morgan fingerprint density at radius 3 is 2.50 bits per heavy atom. The molecule has 1 aromatic rings. The van der Waals surface area contributed by atoms with E-state index in [1.54, 1.807) is 7.11 Å². The van der Waals surface area contributed by atoms with E-state index in [9.17, 15) is 0 Å². The highest BCUT2D eigenvalue weighted by molar-refractivity contribution is 5.30. The van der Waals surface area contributed by atoms with E-state index in [0.717, 1.165) is 30.7 Å². The van der Waals surface area contributed by atoms with E-state index in [-0.39, 0.29) is 0 Å². The lowest BCUT2D eigenvalue weighted by Gasteiger charge is -2.36. The van der Waals surface area contributed by atoms with Gasteiger partial charge in [0.2, 0.25) is 0 Å². The molecule has 2 nitrogen and oxygen atoms in total. The molecule has 1 fully saturated rings. The van der Waals surface area contributed by atoms with E-state index in [1.807, 2.05) is 0 Å². The zero-order chi connectivity index (χ0) is 14.4. The lowest BCUT2D eigenvalue weighted by molar-refractivity contribution is 0.226. The minimum absolute atomic E-state index is 0.707. The maximum absolute atomic E-state index is 5.28. The van der Waals surface area contributed by atoms with E-state index in [2.05, 4.69) is 43.4 Å². The first-order valence-electron chi connectivity index (χ1n) is 8.13. The fraction of sp³-hybridized carbons (Fsp3) is 0.667. The van der Waals surface area contributed by atoms with Gasteiger partial charge in [0.1, 0.15) is 5.75 Å². The molecule has 1 aliphatic rings. The van der Waals surface area contributed by atoms with Gasteiger partial charge in [0.05, 0.1) is 7.11 Å². The van der Waals surface area contributed by atoms with Crippen LogP contribution in [0.1, 0.15) is 51.0 Å². The SMILES string of the molecule is CCNCC1CCC(CC)CC1c1ccc(OC)cc1. The lowest BCUT2D eigenvalue weighted by Crippen LogP contribution is -2.31. The Morgan fingerprint density at radius 2 is 1.90 bits per heavy atom. The summed E-state index contributed by atoms with van der Waals surface area (Å²) >= 11 is 0. The van der Waals surface area contributed by atoms with Crippen LogP contribution in [0.3, 0.4) is 0 Å². The smallest absolute Gasteiger partial charge is 0.118 e. The number of methoxy groups -OCH3 is 1. The van der Waals surface area contributed by atoms with Gasteiger partial charge in [-0.2, -0.15) is 0 Å². The van der Waals surface area contributed by atoms with Crippen molar-refractivity contribution in [3.05, 3.63) is 29.8 Å². The molecule has 1 aliphatic carbocycles. The average molecular weight is 275 g/mol. The van der Waals surface area contributed by atoms with E-state index < -0.39 is 0 Å². The van der Waals surface area contributed by atoms with E-state index in [0.29, 0.717) is 5.92 Å². The van der Waals surface area contributed by atoms with Crippen molar-refractivity contribution < 1.29 is 4.74 Å². The summed E-state index contributed by atoms with van der Waals surface area (Å²) in [5.74, 6) is 3.35. The van der Waals surface area contributed by atoms with Crippen LogP contribution in [0.15, 0.2) is 24.3 Å². The van der Waals surface area contributed by atoms with Gasteiger partial charge < -0.3 is 10.1 Å². The molecule has 0 aliphatic heterocycles. The number of hydrogen-bond acceptors (Lipinski definition) is 2. The molecule has 1 saturated carbocycles. The monoisotopic (exact) mass is 275 g/mol. The van der Waals surface area contributed by atoms with E-state index >= 15 is 0 Å². The van der Waals surface area contributed by atoms with E-state index in [1.165, 1.54) is 31.2 Å². The largest absolute Gasteiger partial charge is 0.497 e. The molecule has 0 saturated heterocycles. The number of ether oxygens (including phenoxy) is 1. The molecule has 2 rings (SSSR count). The van der Waals surface area contributed by atoms with Gasteiger partial charge in [-0.15, -0.1) is 0 Å². The molecule has 112 valence electrons. The normalized spacial score (nSPS) is 26.4. The van der Waals surface area contributed by atoms with Gasteiger partial charge in [0, 0.05) is 0 Å². The Morgan fingerprint density at radius 1 is 1.15 bits per heavy atom. The van der Waals surface area contributed by atoms with Crippen LogP contribution in [0.5, 0.6) is 5.75 Å². The van der Waals surface area contributed by atoms with Crippen molar-refractivity contribution in [3.8, 4) is 5.75 Å². The van der Waals surface area contributed by atoms with Gasteiger partial charge in [-0.25, -0.2) is 0 Å². The van der Waals surface area contributed by atoms with Gasteiger partial charge in [0.25, 0.3) is 0 Å². The minimum atomic E-state index is 0.707. The summed E-state index contributed by atoms with van der Waals surface area (Å²) in [6.07, 6.45) is 5.43. The van der Waals surface area contributed by atoms with Crippen molar-refractivity contribution in [2.45, 2.75) is 45.4 Å². The first-order valence-corrected chi connectivity index (χ1v) is 8.13. The second-order valence-corrected chi connectivity index (χ2v) is 6.03. The first-order chi connectivity index (χ1) is 9.78. The summed E-state index contributed by atoms with van der Waals surface area (Å²) in [4.78, 5) is 0. The molecule has 2 heteroatoms. The quantitative estimate of drug-likeness (QED) is 0.839. The summed E-state index contributed by atoms with van der Waals surface area (Å²) in [5, 5.41) is 3.55. The second kappa shape index (κ2) is 7.68. The second-order valence-electron chi connectivity index (χ2n) is 6.03. The van der Waals surface area contributed by atoms with Gasteiger partial charge >= 0.3 is 0 Å². The van der Waals surface area contributed by atoms with Gasteiger partial charge in [0.15, 0.2) is 0 Å². The fourth-order valence-electron chi connectivity index (χ4n) is 3.52. The molecular formula is C18H29NO. The van der Waals surface area contributed by atoms with Crippen LogP contribution in [0.25, 0.3) is 0 Å². The molecule has 1 N–H and O–H groups in total. The Hall–Kier alpha value is -1.02. The first kappa shape index (κ1) is 15.4. The van der Waals surface area contributed by atoms with Crippen LogP contribution in [-0.4, -0.2) is 20.2 Å². The van der Waals surface area contributed by atoms with Crippen LogP contribution in [-0.2, 0) is 0 Å². The van der Waals surface area contributed by atoms with Crippen molar-refractivity contribution in [2.24, 2.45) is 11.8 Å². The molecule has 0 radical (unpaired) electrons. The Labute approximate surface area is 123 Å². The Bertz CT molecular complexity index is 387. The number of nitrogens with one attached hydrogen (secondary N) is 1. The van der Waals surface area contributed by atoms with Gasteiger partial charge in [-0.3, -0.25) is 0 Å². The molecular weight excluding hydrogens is 246 g/mol. The topological polar surface area (TPSA) is 21.3 Å². The maximum atomic E-state index is 5.28.